The fraction of sp³-hybridized carbons (Fsp3) is 0.588. The first-order valence-electron chi connectivity index (χ1n) is 7.73. The molecule has 0 fully saturated rings. The number of esters is 1. The summed E-state index contributed by atoms with van der Waals surface area (Å²) in [5.41, 5.74) is 0.408. The van der Waals surface area contributed by atoms with Gasteiger partial charge in [-0.2, -0.15) is 0 Å². The summed E-state index contributed by atoms with van der Waals surface area (Å²) in [7, 11) is -0.366. The number of hydrogen-bond donors (Lipinski definition) is 0. The number of rotatable bonds is 7. The fourth-order valence-electron chi connectivity index (χ4n) is 1.65. The van der Waals surface area contributed by atoms with E-state index in [4.69, 9.17) is 20.8 Å². The molecule has 0 aliphatic carbocycles. The van der Waals surface area contributed by atoms with Crippen molar-refractivity contribution in [2.24, 2.45) is 0 Å². The molecule has 130 valence electrons. The number of halogens is 1. The number of ether oxygens (including phenoxy) is 2. The molecule has 0 radical (unpaired) electrons. The van der Waals surface area contributed by atoms with Gasteiger partial charge < -0.3 is 13.9 Å². The largest absolute Gasteiger partial charge is 0.492 e. The molecule has 0 heterocycles. The summed E-state index contributed by atoms with van der Waals surface area (Å²) >= 11 is 6.12. The molecule has 0 unspecified atom stereocenters. The maximum absolute atomic E-state index is 11.4. The monoisotopic (exact) mass is 358 g/mol. The molecule has 6 heteroatoms. The highest BCUT2D eigenvalue weighted by atomic mass is 35.5. The summed E-state index contributed by atoms with van der Waals surface area (Å²) in [6, 6.07) is 4.87. The first kappa shape index (κ1) is 20.0. The van der Waals surface area contributed by atoms with Gasteiger partial charge in [0.15, 0.2) is 8.32 Å². The molecule has 1 aromatic rings. The SMILES string of the molecule is COC(=O)c1ccc(OCCCO[Si](C)(C)C(C)(C)C)c(Cl)c1. The predicted molar refractivity (Wildman–Crippen MR) is 96.1 cm³/mol. The molecule has 0 N–H and O–H groups in total. The minimum absolute atomic E-state index is 0.209. The molecule has 1 aromatic carbocycles. The Morgan fingerprint density at radius 2 is 1.87 bits per heavy atom. The molecule has 0 aliphatic heterocycles. The van der Waals surface area contributed by atoms with Crippen molar-refractivity contribution in [2.45, 2.75) is 45.3 Å². The third-order valence-electron chi connectivity index (χ3n) is 4.17. The Morgan fingerprint density at radius 3 is 2.39 bits per heavy atom. The zero-order valence-corrected chi connectivity index (χ0v) is 16.6. The predicted octanol–water partition coefficient (Wildman–Crippen LogP) is 4.92. The fourth-order valence-corrected chi connectivity index (χ4v) is 2.97. The van der Waals surface area contributed by atoms with Gasteiger partial charge >= 0.3 is 5.97 Å². The van der Waals surface area contributed by atoms with E-state index in [0.717, 1.165) is 6.42 Å². The van der Waals surface area contributed by atoms with Crippen LogP contribution in [0.1, 0.15) is 37.6 Å². The second-order valence-corrected chi connectivity index (χ2v) is 12.2. The average molecular weight is 359 g/mol. The van der Waals surface area contributed by atoms with Crippen LogP contribution in [0.5, 0.6) is 5.75 Å². The molecule has 0 aromatic heterocycles. The third kappa shape index (κ3) is 5.83. The maximum Gasteiger partial charge on any atom is 0.337 e. The van der Waals surface area contributed by atoms with Crippen LogP contribution in [0.2, 0.25) is 23.2 Å². The van der Waals surface area contributed by atoms with E-state index in [2.05, 4.69) is 38.6 Å². The van der Waals surface area contributed by atoms with Gasteiger partial charge in [0.25, 0.3) is 0 Å². The van der Waals surface area contributed by atoms with E-state index in [0.29, 0.717) is 29.5 Å². The van der Waals surface area contributed by atoms with Gasteiger partial charge in [0, 0.05) is 13.0 Å². The van der Waals surface area contributed by atoms with Gasteiger partial charge in [-0.15, -0.1) is 0 Å². The molecule has 4 nitrogen and oxygen atoms in total. The number of carbonyl (C=O) groups excluding carboxylic acids is 1. The molecule has 0 saturated carbocycles. The van der Waals surface area contributed by atoms with Crippen LogP contribution in [0, 0.1) is 0 Å². The lowest BCUT2D eigenvalue weighted by Crippen LogP contribution is -2.41. The summed E-state index contributed by atoms with van der Waals surface area (Å²) < 4.78 is 16.4. The lowest BCUT2D eigenvalue weighted by atomic mass is 10.2. The molecule has 0 aliphatic rings. The Kier molecular flexibility index (Phi) is 7.11. The standard InChI is InChI=1S/C17H27ClO4Si/c1-17(2,3)23(5,6)22-11-7-10-21-15-9-8-13(12-14(15)18)16(19)20-4/h8-9,12H,7,10-11H2,1-6H3. The van der Waals surface area contributed by atoms with Gasteiger partial charge in [-0.05, 0) is 36.3 Å². The lowest BCUT2D eigenvalue weighted by Gasteiger charge is -2.36. The minimum atomic E-state index is -1.70. The molecule has 0 amide bonds. The number of methoxy groups -OCH3 is 1. The second kappa shape index (κ2) is 8.17. The minimum Gasteiger partial charge on any atom is -0.492 e. The molecule has 0 saturated heterocycles. The summed E-state index contributed by atoms with van der Waals surface area (Å²) in [5.74, 6) is 0.146. The Labute approximate surface area is 145 Å². The Morgan fingerprint density at radius 1 is 1.22 bits per heavy atom. The normalized spacial score (nSPS) is 12.1. The Balaban J connectivity index is 2.44. The van der Waals surface area contributed by atoms with Crippen molar-refractivity contribution in [1.82, 2.24) is 0 Å². The van der Waals surface area contributed by atoms with Gasteiger partial charge in [0.1, 0.15) is 5.75 Å². The highest BCUT2D eigenvalue weighted by Gasteiger charge is 2.36. The van der Waals surface area contributed by atoms with Gasteiger partial charge in [-0.3, -0.25) is 0 Å². The van der Waals surface area contributed by atoms with Crippen molar-refractivity contribution < 1.29 is 18.7 Å². The molecule has 0 bridgehead atoms. The van der Waals surface area contributed by atoms with E-state index in [-0.39, 0.29) is 5.04 Å². The van der Waals surface area contributed by atoms with Crippen LogP contribution in [0.3, 0.4) is 0 Å². The highest BCUT2D eigenvalue weighted by Crippen LogP contribution is 2.36. The lowest BCUT2D eigenvalue weighted by molar-refractivity contribution is 0.0600. The van der Waals surface area contributed by atoms with Crippen LogP contribution < -0.4 is 4.74 Å². The van der Waals surface area contributed by atoms with Crippen molar-refractivity contribution in [2.75, 3.05) is 20.3 Å². The van der Waals surface area contributed by atoms with E-state index >= 15 is 0 Å². The number of benzene rings is 1. The van der Waals surface area contributed by atoms with Gasteiger partial charge in [-0.25, -0.2) is 4.79 Å². The van der Waals surface area contributed by atoms with Gasteiger partial charge in [0.2, 0.25) is 0 Å². The van der Waals surface area contributed by atoms with Crippen molar-refractivity contribution in [3.63, 3.8) is 0 Å². The topological polar surface area (TPSA) is 44.8 Å². The van der Waals surface area contributed by atoms with Crippen LogP contribution in [0.25, 0.3) is 0 Å². The van der Waals surface area contributed by atoms with E-state index in [1.165, 1.54) is 7.11 Å². The third-order valence-corrected chi connectivity index (χ3v) is 9.00. The molecular formula is C17H27ClO4Si. The molecule has 0 spiro atoms. The van der Waals surface area contributed by atoms with Gasteiger partial charge in [-0.1, -0.05) is 32.4 Å². The maximum atomic E-state index is 11.4. The molecular weight excluding hydrogens is 332 g/mol. The average Bonchev–Trinajstić information content (AvgIpc) is 2.46. The molecule has 23 heavy (non-hydrogen) atoms. The Hall–Kier alpha value is -1.04. The van der Waals surface area contributed by atoms with Crippen molar-refractivity contribution in [1.29, 1.82) is 0 Å². The van der Waals surface area contributed by atoms with E-state index < -0.39 is 14.3 Å². The number of hydrogen-bond acceptors (Lipinski definition) is 4. The first-order valence-corrected chi connectivity index (χ1v) is 11.0. The van der Waals surface area contributed by atoms with Gasteiger partial charge in [0.05, 0.1) is 24.3 Å². The number of carbonyl (C=O) groups is 1. The first-order chi connectivity index (χ1) is 10.6. The van der Waals surface area contributed by atoms with E-state index in [9.17, 15) is 4.79 Å². The molecule has 1 rings (SSSR count). The van der Waals surface area contributed by atoms with Crippen LogP contribution in [0.15, 0.2) is 18.2 Å². The van der Waals surface area contributed by atoms with Crippen LogP contribution >= 0.6 is 11.6 Å². The summed E-state index contributed by atoms with van der Waals surface area (Å²) in [5, 5.41) is 0.610. The highest BCUT2D eigenvalue weighted by molar-refractivity contribution is 6.74. The van der Waals surface area contributed by atoms with Crippen molar-refractivity contribution >= 4 is 25.9 Å². The zero-order chi connectivity index (χ0) is 17.7. The van der Waals surface area contributed by atoms with Crippen LogP contribution in [-0.4, -0.2) is 34.6 Å². The molecule has 0 atom stereocenters. The van der Waals surface area contributed by atoms with Crippen molar-refractivity contribution in [3.05, 3.63) is 28.8 Å². The van der Waals surface area contributed by atoms with E-state index in [1.807, 2.05) is 0 Å². The van der Waals surface area contributed by atoms with Crippen LogP contribution in [0.4, 0.5) is 0 Å². The summed E-state index contributed by atoms with van der Waals surface area (Å²) in [6.07, 6.45) is 0.793. The smallest absolute Gasteiger partial charge is 0.337 e. The summed E-state index contributed by atoms with van der Waals surface area (Å²) in [4.78, 5) is 11.4. The quantitative estimate of drug-likeness (QED) is 0.394. The van der Waals surface area contributed by atoms with Crippen molar-refractivity contribution in [3.8, 4) is 5.75 Å². The second-order valence-electron chi connectivity index (χ2n) is 6.95. The Bertz CT molecular complexity index is 538. The van der Waals surface area contributed by atoms with Crippen LogP contribution in [-0.2, 0) is 9.16 Å². The zero-order valence-electron chi connectivity index (χ0n) is 14.9. The summed E-state index contributed by atoms with van der Waals surface area (Å²) in [6.45, 7) is 12.3. The van der Waals surface area contributed by atoms with E-state index in [1.54, 1.807) is 18.2 Å².